The summed E-state index contributed by atoms with van der Waals surface area (Å²) in [6.07, 6.45) is 2.46. The number of hydrogen-bond donors (Lipinski definition) is 1. The van der Waals surface area contributed by atoms with Gasteiger partial charge < -0.3 is 19.2 Å². The van der Waals surface area contributed by atoms with Crippen LogP contribution in [0.25, 0.3) is 11.3 Å². The number of aromatic nitrogens is 1. The SMILES string of the molecule is COc1cccc(OCCNC(=O)CCc2ncc(-c3ccc(C)cc3)o2)c1. The van der Waals surface area contributed by atoms with Crippen molar-refractivity contribution < 1.29 is 18.7 Å². The zero-order chi connectivity index (χ0) is 19.8. The second-order valence-electron chi connectivity index (χ2n) is 6.36. The molecule has 0 radical (unpaired) electrons. The van der Waals surface area contributed by atoms with E-state index in [4.69, 9.17) is 13.9 Å². The zero-order valence-corrected chi connectivity index (χ0v) is 16.1. The van der Waals surface area contributed by atoms with Gasteiger partial charge in [0.05, 0.1) is 19.9 Å². The Labute approximate surface area is 164 Å². The van der Waals surface area contributed by atoms with E-state index in [0.717, 1.165) is 11.3 Å². The van der Waals surface area contributed by atoms with Gasteiger partial charge in [-0.3, -0.25) is 4.79 Å². The van der Waals surface area contributed by atoms with Crippen LogP contribution in [0.5, 0.6) is 11.5 Å². The standard InChI is InChI=1S/C22H24N2O4/c1-16-6-8-17(9-7-16)20-15-24-22(28-20)11-10-21(25)23-12-13-27-19-5-3-4-18(14-19)26-2/h3-9,14-15H,10-13H2,1-2H3,(H,23,25). The van der Waals surface area contributed by atoms with E-state index in [1.165, 1.54) is 5.56 Å². The first-order chi connectivity index (χ1) is 13.6. The number of amides is 1. The molecule has 0 aliphatic heterocycles. The van der Waals surface area contributed by atoms with Gasteiger partial charge in [0.15, 0.2) is 11.7 Å². The van der Waals surface area contributed by atoms with Crippen LogP contribution in [0.2, 0.25) is 0 Å². The third kappa shape index (κ3) is 5.61. The Morgan fingerprint density at radius 3 is 2.71 bits per heavy atom. The molecule has 3 aromatic rings. The first kappa shape index (κ1) is 19.5. The fraction of sp³-hybridized carbons (Fsp3) is 0.273. The Morgan fingerprint density at radius 1 is 1.14 bits per heavy atom. The van der Waals surface area contributed by atoms with Crippen molar-refractivity contribution in [3.8, 4) is 22.8 Å². The van der Waals surface area contributed by atoms with Gasteiger partial charge in [-0.05, 0) is 19.1 Å². The van der Waals surface area contributed by atoms with Crippen molar-refractivity contribution in [2.75, 3.05) is 20.3 Å². The number of oxazole rings is 1. The highest BCUT2D eigenvalue weighted by Crippen LogP contribution is 2.21. The summed E-state index contributed by atoms with van der Waals surface area (Å²) in [7, 11) is 1.61. The highest BCUT2D eigenvalue weighted by atomic mass is 16.5. The number of carbonyl (C=O) groups excluding carboxylic acids is 1. The predicted octanol–water partition coefficient (Wildman–Crippen LogP) is 3.79. The zero-order valence-electron chi connectivity index (χ0n) is 16.1. The lowest BCUT2D eigenvalue weighted by Gasteiger charge is -2.08. The van der Waals surface area contributed by atoms with Crippen LogP contribution in [-0.4, -0.2) is 31.2 Å². The molecule has 0 fully saturated rings. The quantitative estimate of drug-likeness (QED) is 0.572. The van der Waals surface area contributed by atoms with Crippen molar-refractivity contribution >= 4 is 5.91 Å². The van der Waals surface area contributed by atoms with Crippen molar-refractivity contribution in [1.29, 1.82) is 0 Å². The van der Waals surface area contributed by atoms with Crippen LogP contribution in [0, 0.1) is 6.92 Å². The van der Waals surface area contributed by atoms with E-state index in [1.807, 2.05) is 49.4 Å². The van der Waals surface area contributed by atoms with E-state index < -0.39 is 0 Å². The minimum Gasteiger partial charge on any atom is -0.497 e. The molecule has 1 N–H and O–H groups in total. The van der Waals surface area contributed by atoms with E-state index in [-0.39, 0.29) is 5.91 Å². The maximum atomic E-state index is 12.0. The molecular weight excluding hydrogens is 356 g/mol. The Morgan fingerprint density at radius 2 is 1.93 bits per heavy atom. The molecule has 1 amide bonds. The summed E-state index contributed by atoms with van der Waals surface area (Å²) >= 11 is 0. The van der Waals surface area contributed by atoms with Crippen molar-refractivity contribution in [3.05, 3.63) is 66.2 Å². The second-order valence-corrected chi connectivity index (χ2v) is 6.36. The molecule has 28 heavy (non-hydrogen) atoms. The maximum Gasteiger partial charge on any atom is 0.220 e. The number of methoxy groups -OCH3 is 1. The number of benzene rings is 2. The molecule has 0 bridgehead atoms. The topological polar surface area (TPSA) is 73.6 Å². The first-order valence-corrected chi connectivity index (χ1v) is 9.19. The highest BCUT2D eigenvalue weighted by molar-refractivity contribution is 5.76. The van der Waals surface area contributed by atoms with Crippen molar-refractivity contribution in [2.45, 2.75) is 19.8 Å². The van der Waals surface area contributed by atoms with Crippen LogP contribution in [0.3, 0.4) is 0 Å². The number of nitrogens with one attached hydrogen (secondary N) is 1. The largest absolute Gasteiger partial charge is 0.497 e. The van der Waals surface area contributed by atoms with Gasteiger partial charge in [0.2, 0.25) is 5.91 Å². The normalized spacial score (nSPS) is 10.5. The molecule has 0 unspecified atom stereocenters. The number of ether oxygens (including phenoxy) is 2. The lowest BCUT2D eigenvalue weighted by molar-refractivity contribution is -0.121. The average Bonchev–Trinajstić information content (AvgIpc) is 3.19. The van der Waals surface area contributed by atoms with Gasteiger partial charge in [-0.25, -0.2) is 4.98 Å². The first-order valence-electron chi connectivity index (χ1n) is 9.19. The molecule has 6 heteroatoms. The van der Waals surface area contributed by atoms with E-state index in [9.17, 15) is 4.79 Å². The number of aryl methyl sites for hydroxylation is 2. The molecule has 146 valence electrons. The Hall–Kier alpha value is -3.28. The van der Waals surface area contributed by atoms with Crippen LogP contribution in [0.1, 0.15) is 17.9 Å². The summed E-state index contributed by atoms with van der Waals surface area (Å²) in [5, 5.41) is 2.83. The van der Waals surface area contributed by atoms with Crippen molar-refractivity contribution in [3.63, 3.8) is 0 Å². The fourth-order valence-corrected chi connectivity index (χ4v) is 2.64. The highest BCUT2D eigenvalue weighted by Gasteiger charge is 2.09. The molecule has 0 spiro atoms. The molecule has 0 atom stereocenters. The number of carbonyl (C=O) groups is 1. The van der Waals surface area contributed by atoms with E-state index in [2.05, 4.69) is 10.3 Å². The lowest BCUT2D eigenvalue weighted by Crippen LogP contribution is -2.28. The summed E-state index contributed by atoms with van der Waals surface area (Å²) in [6, 6.07) is 15.4. The molecular formula is C22H24N2O4. The van der Waals surface area contributed by atoms with Crippen LogP contribution >= 0.6 is 0 Å². The van der Waals surface area contributed by atoms with Crippen molar-refractivity contribution in [1.82, 2.24) is 10.3 Å². The average molecular weight is 380 g/mol. The summed E-state index contributed by atoms with van der Waals surface area (Å²) < 4.78 is 16.5. The van der Waals surface area contributed by atoms with Gasteiger partial charge in [0.25, 0.3) is 0 Å². The number of rotatable bonds is 9. The molecule has 3 rings (SSSR count). The van der Waals surface area contributed by atoms with E-state index >= 15 is 0 Å². The monoisotopic (exact) mass is 380 g/mol. The van der Waals surface area contributed by atoms with E-state index in [1.54, 1.807) is 19.4 Å². The third-order valence-corrected chi connectivity index (χ3v) is 4.19. The maximum absolute atomic E-state index is 12.0. The van der Waals surface area contributed by atoms with Gasteiger partial charge in [-0.15, -0.1) is 0 Å². The van der Waals surface area contributed by atoms with Gasteiger partial charge in [0.1, 0.15) is 18.1 Å². The number of nitrogens with zero attached hydrogens (tertiary/aromatic N) is 1. The van der Waals surface area contributed by atoms with E-state index in [0.29, 0.717) is 43.4 Å². The summed E-state index contributed by atoms with van der Waals surface area (Å²) in [5.74, 6) is 2.64. The van der Waals surface area contributed by atoms with Crippen LogP contribution in [0.4, 0.5) is 0 Å². The fourth-order valence-electron chi connectivity index (χ4n) is 2.64. The molecule has 0 saturated heterocycles. The van der Waals surface area contributed by atoms with Gasteiger partial charge in [-0.1, -0.05) is 35.9 Å². The van der Waals surface area contributed by atoms with Crippen LogP contribution in [0.15, 0.2) is 59.1 Å². The van der Waals surface area contributed by atoms with Crippen LogP contribution in [-0.2, 0) is 11.2 Å². The summed E-state index contributed by atoms with van der Waals surface area (Å²) in [6.45, 7) is 2.85. The third-order valence-electron chi connectivity index (χ3n) is 4.19. The molecule has 0 aliphatic carbocycles. The molecule has 1 aromatic heterocycles. The lowest BCUT2D eigenvalue weighted by atomic mass is 10.1. The smallest absolute Gasteiger partial charge is 0.220 e. The minimum atomic E-state index is -0.0654. The second kappa shape index (κ2) is 9.60. The molecule has 1 heterocycles. The molecule has 2 aromatic carbocycles. The summed E-state index contributed by atoms with van der Waals surface area (Å²) in [5.41, 5.74) is 2.17. The Kier molecular flexibility index (Phi) is 6.68. The van der Waals surface area contributed by atoms with Gasteiger partial charge in [0, 0.05) is 24.5 Å². The van der Waals surface area contributed by atoms with Crippen molar-refractivity contribution in [2.24, 2.45) is 0 Å². The van der Waals surface area contributed by atoms with Gasteiger partial charge >= 0.3 is 0 Å². The molecule has 0 aliphatic rings. The Balaban J connectivity index is 1.38. The molecule has 0 saturated carbocycles. The number of hydrogen-bond acceptors (Lipinski definition) is 5. The predicted molar refractivity (Wildman–Crippen MR) is 106 cm³/mol. The van der Waals surface area contributed by atoms with Gasteiger partial charge in [-0.2, -0.15) is 0 Å². The molecule has 6 nitrogen and oxygen atoms in total. The Bertz CT molecular complexity index is 903. The van der Waals surface area contributed by atoms with Crippen LogP contribution < -0.4 is 14.8 Å². The minimum absolute atomic E-state index is 0.0654. The summed E-state index contributed by atoms with van der Waals surface area (Å²) in [4.78, 5) is 16.2.